The molecule has 2 aliphatic rings. The molecule has 20 heavy (non-hydrogen) atoms. The fraction of sp³-hybridized carbons (Fsp3) is 0.733. The molecule has 0 atom stereocenters. The smallest absolute Gasteiger partial charge is 0.137 e. The molecule has 5 heteroatoms. The van der Waals surface area contributed by atoms with Crippen LogP contribution in [0.5, 0.6) is 0 Å². The predicted octanol–water partition coefficient (Wildman–Crippen LogP) is 2.85. The predicted molar refractivity (Wildman–Crippen MR) is 82.7 cm³/mol. The van der Waals surface area contributed by atoms with Crippen molar-refractivity contribution in [3.8, 4) is 0 Å². The van der Waals surface area contributed by atoms with Gasteiger partial charge in [0.1, 0.15) is 16.8 Å². The highest BCUT2D eigenvalue weighted by Crippen LogP contribution is 2.40. The maximum Gasteiger partial charge on any atom is 0.137 e. The van der Waals surface area contributed by atoms with Gasteiger partial charge in [-0.3, -0.25) is 4.90 Å². The van der Waals surface area contributed by atoms with E-state index in [1.165, 1.54) is 12.8 Å². The van der Waals surface area contributed by atoms with Crippen LogP contribution in [-0.2, 0) is 0 Å². The van der Waals surface area contributed by atoms with Gasteiger partial charge in [-0.1, -0.05) is 11.6 Å². The third-order valence-electron chi connectivity index (χ3n) is 4.64. The number of anilines is 1. The van der Waals surface area contributed by atoms with Gasteiger partial charge in [0, 0.05) is 36.7 Å². The highest BCUT2D eigenvalue weighted by atomic mass is 35.5. The summed E-state index contributed by atoms with van der Waals surface area (Å²) >= 11 is 6.32. The Kier molecular flexibility index (Phi) is 3.41. The maximum atomic E-state index is 6.32. The number of nitrogens with zero attached hydrogens (tertiary/aromatic N) is 4. The first-order valence-corrected chi connectivity index (χ1v) is 7.76. The SMILES string of the molecule is Cc1c(Cl)nc(C2CC2)nc1N1CCN(C)C(C)(C)C1. The molecular formula is C15H23ClN4. The standard InChI is InChI=1S/C15H23ClN4/c1-10-12(16)17-13(11-5-6-11)18-14(10)20-8-7-19(4)15(2,3)9-20/h11H,5-9H2,1-4H3. The van der Waals surface area contributed by atoms with E-state index in [0.29, 0.717) is 11.1 Å². The lowest BCUT2D eigenvalue weighted by molar-refractivity contribution is 0.138. The monoisotopic (exact) mass is 294 g/mol. The summed E-state index contributed by atoms with van der Waals surface area (Å²) in [5.41, 5.74) is 1.17. The number of likely N-dealkylation sites (N-methyl/N-ethyl adjacent to an activating group) is 1. The fourth-order valence-corrected chi connectivity index (χ4v) is 2.92. The fourth-order valence-electron chi connectivity index (χ4n) is 2.75. The Morgan fingerprint density at radius 2 is 1.90 bits per heavy atom. The molecule has 1 aromatic rings. The molecular weight excluding hydrogens is 272 g/mol. The summed E-state index contributed by atoms with van der Waals surface area (Å²) in [6.45, 7) is 9.60. The Hall–Kier alpha value is -0.870. The molecule has 2 heterocycles. The Morgan fingerprint density at radius 1 is 1.20 bits per heavy atom. The second-order valence-electron chi connectivity index (χ2n) is 6.75. The van der Waals surface area contributed by atoms with Crippen LogP contribution in [0.2, 0.25) is 5.15 Å². The zero-order chi connectivity index (χ0) is 14.5. The first-order valence-electron chi connectivity index (χ1n) is 7.39. The van der Waals surface area contributed by atoms with Gasteiger partial charge >= 0.3 is 0 Å². The van der Waals surface area contributed by atoms with Gasteiger partial charge in [-0.25, -0.2) is 9.97 Å². The summed E-state index contributed by atoms with van der Waals surface area (Å²) in [6, 6.07) is 0. The molecule has 0 bridgehead atoms. The number of hydrogen-bond acceptors (Lipinski definition) is 4. The van der Waals surface area contributed by atoms with Gasteiger partial charge in [-0.15, -0.1) is 0 Å². The van der Waals surface area contributed by atoms with Gasteiger partial charge < -0.3 is 4.90 Å². The van der Waals surface area contributed by atoms with E-state index in [-0.39, 0.29) is 5.54 Å². The Morgan fingerprint density at radius 3 is 2.50 bits per heavy atom. The molecule has 0 amide bonds. The maximum absolute atomic E-state index is 6.32. The van der Waals surface area contributed by atoms with E-state index in [9.17, 15) is 0 Å². The molecule has 110 valence electrons. The second kappa shape index (κ2) is 4.85. The summed E-state index contributed by atoms with van der Waals surface area (Å²) in [5, 5.41) is 0.619. The first kappa shape index (κ1) is 14.1. The van der Waals surface area contributed by atoms with Crippen molar-refractivity contribution >= 4 is 17.4 Å². The van der Waals surface area contributed by atoms with Crippen LogP contribution in [0.3, 0.4) is 0 Å². The normalized spacial score (nSPS) is 23.1. The molecule has 0 aromatic carbocycles. The first-order chi connectivity index (χ1) is 9.38. The molecule has 0 unspecified atom stereocenters. The van der Waals surface area contributed by atoms with Gasteiger partial charge in [0.05, 0.1) is 0 Å². The minimum Gasteiger partial charge on any atom is -0.353 e. The van der Waals surface area contributed by atoms with Crippen LogP contribution in [0.4, 0.5) is 5.82 Å². The number of rotatable bonds is 2. The van der Waals surface area contributed by atoms with Crippen molar-refractivity contribution in [2.24, 2.45) is 0 Å². The van der Waals surface area contributed by atoms with Crippen molar-refractivity contribution in [3.05, 3.63) is 16.5 Å². The minimum absolute atomic E-state index is 0.155. The molecule has 1 aromatic heterocycles. The summed E-state index contributed by atoms with van der Waals surface area (Å²) in [5.74, 6) is 2.51. The second-order valence-corrected chi connectivity index (χ2v) is 7.11. The van der Waals surface area contributed by atoms with Crippen LogP contribution >= 0.6 is 11.6 Å². The molecule has 4 nitrogen and oxygen atoms in total. The van der Waals surface area contributed by atoms with Gasteiger partial charge in [-0.05, 0) is 40.7 Å². The van der Waals surface area contributed by atoms with E-state index in [4.69, 9.17) is 16.6 Å². The highest BCUT2D eigenvalue weighted by molar-refractivity contribution is 6.30. The van der Waals surface area contributed by atoms with E-state index >= 15 is 0 Å². The molecule has 1 saturated carbocycles. The van der Waals surface area contributed by atoms with Crippen molar-refractivity contribution in [2.75, 3.05) is 31.6 Å². The van der Waals surface area contributed by atoms with Crippen LogP contribution < -0.4 is 4.90 Å². The van der Waals surface area contributed by atoms with Crippen LogP contribution in [0.25, 0.3) is 0 Å². The largest absolute Gasteiger partial charge is 0.353 e. The van der Waals surface area contributed by atoms with Crippen molar-refractivity contribution in [1.29, 1.82) is 0 Å². The average molecular weight is 295 g/mol. The molecule has 2 fully saturated rings. The van der Waals surface area contributed by atoms with Gasteiger partial charge in [0.2, 0.25) is 0 Å². The zero-order valence-electron chi connectivity index (χ0n) is 12.8. The van der Waals surface area contributed by atoms with E-state index in [1.807, 2.05) is 6.92 Å². The average Bonchev–Trinajstić information content (AvgIpc) is 3.20. The third-order valence-corrected chi connectivity index (χ3v) is 5.00. The lowest BCUT2D eigenvalue weighted by atomic mass is 9.99. The molecule has 0 radical (unpaired) electrons. The summed E-state index contributed by atoms with van der Waals surface area (Å²) in [4.78, 5) is 14.1. The zero-order valence-corrected chi connectivity index (χ0v) is 13.5. The molecule has 1 aliphatic heterocycles. The van der Waals surface area contributed by atoms with Crippen molar-refractivity contribution in [2.45, 2.75) is 45.1 Å². The number of halogens is 1. The van der Waals surface area contributed by atoms with Crippen LogP contribution in [0, 0.1) is 6.92 Å². The quantitative estimate of drug-likeness (QED) is 0.785. The summed E-state index contributed by atoms with van der Waals surface area (Å²) in [6.07, 6.45) is 2.40. The minimum atomic E-state index is 0.155. The topological polar surface area (TPSA) is 32.3 Å². The molecule has 0 N–H and O–H groups in total. The van der Waals surface area contributed by atoms with Gasteiger partial charge in [0.15, 0.2) is 0 Å². The number of hydrogen-bond donors (Lipinski definition) is 0. The lowest BCUT2D eigenvalue weighted by Gasteiger charge is -2.46. The Bertz CT molecular complexity index is 525. The van der Waals surface area contributed by atoms with E-state index in [0.717, 1.165) is 36.8 Å². The number of piperazine rings is 1. The molecule has 3 rings (SSSR count). The third kappa shape index (κ3) is 2.51. The van der Waals surface area contributed by atoms with Crippen molar-refractivity contribution in [3.63, 3.8) is 0 Å². The Balaban J connectivity index is 1.93. The van der Waals surface area contributed by atoms with E-state index in [2.05, 4.69) is 35.7 Å². The van der Waals surface area contributed by atoms with Gasteiger partial charge in [-0.2, -0.15) is 0 Å². The van der Waals surface area contributed by atoms with E-state index in [1.54, 1.807) is 0 Å². The number of aromatic nitrogens is 2. The molecule has 1 aliphatic carbocycles. The van der Waals surface area contributed by atoms with Crippen molar-refractivity contribution in [1.82, 2.24) is 14.9 Å². The highest BCUT2D eigenvalue weighted by Gasteiger charge is 2.34. The molecule has 0 spiro atoms. The van der Waals surface area contributed by atoms with Gasteiger partial charge in [0.25, 0.3) is 0 Å². The van der Waals surface area contributed by atoms with Crippen LogP contribution in [0.1, 0.15) is 44.0 Å². The Labute approximate surface area is 126 Å². The summed E-state index contributed by atoms with van der Waals surface area (Å²) in [7, 11) is 2.19. The van der Waals surface area contributed by atoms with E-state index < -0.39 is 0 Å². The molecule has 1 saturated heterocycles. The van der Waals surface area contributed by atoms with Crippen LogP contribution in [-0.4, -0.2) is 47.1 Å². The van der Waals surface area contributed by atoms with Crippen molar-refractivity contribution < 1.29 is 0 Å². The van der Waals surface area contributed by atoms with Crippen LogP contribution in [0.15, 0.2) is 0 Å². The lowest BCUT2D eigenvalue weighted by Crippen LogP contribution is -2.58. The summed E-state index contributed by atoms with van der Waals surface area (Å²) < 4.78 is 0.